The molecule has 1 amide bonds. The fraction of sp³-hybridized carbons (Fsp3) is 0.120. The van der Waals surface area contributed by atoms with Crippen LogP contribution in [0.5, 0.6) is 11.6 Å². The van der Waals surface area contributed by atoms with Crippen molar-refractivity contribution in [1.29, 1.82) is 5.26 Å². The van der Waals surface area contributed by atoms with Crippen molar-refractivity contribution in [2.45, 2.75) is 13.1 Å². The lowest BCUT2D eigenvalue weighted by atomic mass is 10.1. The van der Waals surface area contributed by atoms with Gasteiger partial charge >= 0.3 is 0 Å². The van der Waals surface area contributed by atoms with Gasteiger partial charge in [0.2, 0.25) is 11.6 Å². The van der Waals surface area contributed by atoms with E-state index in [2.05, 4.69) is 10.1 Å². The number of rotatable bonds is 5. The van der Waals surface area contributed by atoms with E-state index in [1.54, 1.807) is 48.3 Å². The summed E-state index contributed by atoms with van der Waals surface area (Å²) in [6.45, 7) is 0.119. The van der Waals surface area contributed by atoms with Gasteiger partial charge in [0, 0.05) is 43.7 Å². The molecule has 0 radical (unpaired) electrons. The predicted octanol–water partition coefficient (Wildman–Crippen LogP) is 4.72. The van der Waals surface area contributed by atoms with Crippen molar-refractivity contribution in [3.05, 3.63) is 94.6 Å². The number of fused-ring (bicyclic) bond motifs is 1. The van der Waals surface area contributed by atoms with Gasteiger partial charge in [0.25, 0.3) is 5.91 Å². The molecule has 7 nitrogen and oxygen atoms in total. The monoisotopic (exact) mass is 475 g/mol. The van der Waals surface area contributed by atoms with E-state index in [9.17, 15) is 18.0 Å². The van der Waals surface area contributed by atoms with Crippen molar-refractivity contribution < 1.29 is 22.7 Å². The third-order valence-electron chi connectivity index (χ3n) is 5.61. The molecule has 2 aromatic carbocycles. The molecule has 2 aromatic heterocycles. The number of carbonyl (C=O) groups excluding carboxylic acids is 1. The molecule has 10 heteroatoms. The van der Waals surface area contributed by atoms with Crippen LogP contribution < -0.4 is 4.74 Å². The third-order valence-corrected chi connectivity index (χ3v) is 5.61. The SMILES string of the molecule is Cn1ccc(-c2ccc(CN3Cc4ccnc(Oc5c(F)cc(C#N)cc5F)c4C3=O)c(F)c2)n1. The van der Waals surface area contributed by atoms with Gasteiger partial charge in [-0.25, -0.2) is 18.2 Å². The number of nitrogens with zero attached hydrogens (tertiary/aromatic N) is 5. The van der Waals surface area contributed by atoms with Crippen LogP contribution in [-0.2, 0) is 20.1 Å². The highest BCUT2D eigenvalue weighted by Crippen LogP contribution is 2.35. The molecule has 5 rings (SSSR count). The lowest BCUT2D eigenvalue weighted by Gasteiger charge is -2.16. The summed E-state index contributed by atoms with van der Waals surface area (Å²) in [5.41, 5.74) is 1.88. The smallest absolute Gasteiger partial charge is 0.260 e. The van der Waals surface area contributed by atoms with Gasteiger partial charge in [0.15, 0.2) is 11.6 Å². The Morgan fingerprint density at radius 1 is 1.09 bits per heavy atom. The average molecular weight is 475 g/mol. The molecule has 0 spiro atoms. The highest BCUT2D eigenvalue weighted by molar-refractivity contribution is 6.00. The fourth-order valence-electron chi connectivity index (χ4n) is 3.91. The molecule has 3 heterocycles. The second kappa shape index (κ2) is 8.61. The highest BCUT2D eigenvalue weighted by Gasteiger charge is 2.33. The van der Waals surface area contributed by atoms with Crippen molar-refractivity contribution in [2.24, 2.45) is 7.05 Å². The maximum atomic E-state index is 14.9. The lowest BCUT2D eigenvalue weighted by Crippen LogP contribution is -2.24. The number of amides is 1. The summed E-state index contributed by atoms with van der Waals surface area (Å²) >= 11 is 0. The maximum absolute atomic E-state index is 14.9. The number of hydrogen-bond donors (Lipinski definition) is 0. The normalized spacial score (nSPS) is 12.5. The first-order valence-electron chi connectivity index (χ1n) is 10.5. The number of carbonyl (C=O) groups is 1. The van der Waals surface area contributed by atoms with Crippen LogP contribution in [0.2, 0.25) is 0 Å². The van der Waals surface area contributed by atoms with Gasteiger partial charge in [-0.05, 0) is 35.9 Å². The minimum atomic E-state index is -1.10. The van der Waals surface area contributed by atoms with Crippen LogP contribution >= 0.6 is 0 Å². The van der Waals surface area contributed by atoms with Crippen molar-refractivity contribution in [3.63, 3.8) is 0 Å². The molecule has 0 N–H and O–H groups in total. The number of benzene rings is 2. The third kappa shape index (κ3) is 4.08. The molecule has 0 saturated carbocycles. The van der Waals surface area contributed by atoms with E-state index < -0.39 is 29.1 Å². The van der Waals surface area contributed by atoms with E-state index in [1.165, 1.54) is 17.2 Å². The fourth-order valence-corrected chi connectivity index (χ4v) is 3.91. The second-order valence-electron chi connectivity index (χ2n) is 7.98. The average Bonchev–Trinajstić information content (AvgIpc) is 3.41. The largest absolute Gasteiger partial charge is 0.432 e. The molecular weight excluding hydrogens is 459 g/mol. The van der Waals surface area contributed by atoms with Crippen molar-refractivity contribution >= 4 is 5.91 Å². The standard InChI is InChI=1S/C25H16F3N5O2/c1-32-7-5-21(31-32)15-2-3-16(18(26)10-15)12-33-13-17-4-6-30-24(22(17)25(33)34)35-23-19(27)8-14(11-29)9-20(23)28/h2-10H,12-13H2,1H3. The molecule has 0 aliphatic carbocycles. The summed E-state index contributed by atoms with van der Waals surface area (Å²) in [6.07, 6.45) is 3.11. The molecular formula is C25H16F3N5O2. The Balaban J connectivity index is 1.39. The Morgan fingerprint density at radius 2 is 1.86 bits per heavy atom. The molecule has 0 saturated heterocycles. The number of pyridine rings is 1. The van der Waals surface area contributed by atoms with Gasteiger partial charge in [-0.1, -0.05) is 12.1 Å². The zero-order valence-corrected chi connectivity index (χ0v) is 18.3. The first kappa shape index (κ1) is 22.2. The number of aromatic nitrogens is 3. The zero-order chi connectivity index (χ0) is 24.7. The van der Waals surface area contributed by atoms with Gasteiger partial charge in [0.05, 0.1) is 17.3 Å². The molecule has 0 unspecified atom stereocenters. The van der Waals surface area contributed by atoms with Crippen LogP contribution in [0.25, 0.3) is 11.3 Å². The minimum Gasteiger partial charge on any atom is -0.432 e. The van der Waals surface area contributed by atoms with Crippen LogP contribution in [0, 0.1) is 28.8 Å². The van der Waals surface area contributed by atoms with E-state index in [0.29, 0.717) is 22.4 Å². The van der Waals surface area contributed by atoms with Crippen LogP contribution in [-0.4, -0.2) is 25.6 Å². The van der Waals surface area contributed by atoms with Gasteiger partial charge in [-0.2, -0.15) is 10.4 Å². The number of nitriles is 1. The number of ether oxygens (including phenoxy) is 1. The molecule has 1 aliphatic rings. The van der Waals surface area contributed by atoms with E-state index in [-0.39, 0.29) is 30.1 Å². The highest BCUT2D eigenvalue weighted by atomic mass is 19.1. The minimum absolute atomic E-state index is 0.0269. The van der Waals surface area contributed by atoms with Gasteiger partial charge in [-0.3, -0.25) is 9.48 Å². The van der Waals surface area contributed by atoms with Gasteiger partial charge in [0.1, 0.15) is 11.4 Å². The lowest BCUT2D eigenvalue weighted by molar-refractivity contribution is 0.0762. The summed E-state index contributed by atoms with van der Waals surface area (Å²) in [6, 6.07) is 11.3. The van der Waals surface area contributed by atoms with E-state index >= 15 is 0 Å². The Morgan fingerprint density at radius 3 is 2.51 bits per heavy atom. The summed E-state index contributed by atoms with van der Waals surface area (Å²) < 4.78 is 50.4. The Kier molecular flexibility index (Phi) is 5.45. The van der Waals surface area contributed by atoms with Gasteiger partial charge in [-0.15, -0.1) is 0 Å². The Labute approximate surface area is 197 Å². The summed E-state index contributed by atoms with van der Waals surface area (Å²) in [5.74, 6) is -4.24. The molecule has 174 valence electrons. The quantitative estimate of drug-likeness (QED) is 0.417. The first-order chi connectivity index (χ1) is 16.8. The molecule has 0 atom stereocenters. The first-order valence-corrected chi connectivity index (χ1v) is 10.5. The van der Waals surface area contributed by atoms with Crippen LogP contribution in [0.15, 0.2) is 54.9 Å². The molecule has 35 heavy (non-hydrogen) atoms. The molecule has 4 aromatic rings. The Bertz CT molecular complexity index is 1500. The predicted molar refractivity (Wildman–Crippen MR) is 118 cm³/mol. The van der Waals surface area contributed by atoms with Gasteiger partial charge < -0.3 is 9.64 Å². The van der Waals surface area contributed by atoms with Crippen molar-refractivity contribution in [1.82, 2.24) is 19.7 Å². The van der Waals surface area contributed by atoms with Crippen molar-refractivity contribution in [3.8, 4) is 29.0 Å². The van der Waals surface area contributed by atoms with E-state index in [1.807, 2.05) is 0 Å². The van der Waals surface area contributed by atoms with E-state index in [4.69, 9.17) is 10.00 Å². The Hall–Kier alpha value is -4.65. The van der Waals surface area contributed by atoms with E-state index in [0.717, 1.165) is 12.1 Å². The summed E-state index contributed by atoms with van der Waals surface area (Å²) in [4.78, 5) is 18.5. The molecule has 1 aliphatic heterocycles. The number of hydrogen-bond acceptors (Lipinski definition) is 5. The van der Waals surface area contributed by atoms with Crippen LogP contribution in [0.3, 0.4) is 0 Å². The second-order valence-corrected chi connectivity index (χ2v) is 7.98. The topological polar surface area (TPSA) is 84.0 Å². The number of aryl methyl sites for hydroxylation is 1. The van der Waals surface area contributed by atoms with Crippen LogP contribution in [0.4, 0.5) is 13.2 Å². The summed E-state index contributed by atoms with van der Waals surface area (Å²) in [5, 5.41) is 13.1. The number of halogens is 3. The zero-order valence-electron chi connectivity index (χ0n) is 18.3. The maximum Gasteiger partial charge on any atom is 0.260 e. The van der Waals surface area contributed by atoms with Crippen molar-refractivity contribution in [2.75, 3.05) is 0 Å². The summed E-state index contributed by atoms with van der Waals surface area (Å²) in [7, 11) is 1.77. The van der Waals surface area contributed by atoms with Crippen LogP contribution in [0.1, 0.15) is 27.0 Å². The molecule has 0 fully saturated rings. The molecule has 0 bridgehead atoms.